The molecule has 0 radical (unpaired) electrons. The number of aromatic nitrogens is 3. The number of pyridine rings is 1. The lowest BCUT2D eigenvalue weighted by Gasteiger charge is -2.31. The third kappa shape index (κ3) is 4.04. The SMILES string of the molecule is CCOC(=O)C1CCN(c2nc3cc(C)c(C)cc3n2-c2ccc3cc(Cl)ccc3n2)CC1. The van der Waals surface area contributed by atoms with Gasteiger partial charge in [-0.1, -0.05) is 11.6 Å². The largest absolute Gasteiger partial charge is 0.466 e. The van der Waals surface area contributed by atoms with E-state index >= 15 is 0 Å². The van der Waals surface area contributed by atoms with Crippen LogP contribution in [0.1, 0.15) is 30.9 Å². The third-order valence-electron chi connectivity index (χ3n) is 6.52. The van der Waals surface area contributed by atoms with Crippen molar-refractivity contribution in [3.05, 3.63) is 58.6 Å². The zero-order valence-electron chi connectivity index (χ0n) is 19.1. The highest BCUT2D eigenvalue weighted by Crippen LogP contribution is 2.32. The van der Waals surface area contributed by atoms with Crippen molar-refractivity contribution < 1.29 is 9.53 Å². The summed E-state index contributed by atoms with van der Waals surface area (Å²) in [6.45, 7) is 7.99. The minimum Gasteiger partial charge on any atom is -0.466 e. The summed E-state index contributed by atoms with van der Waals surface area (Å²) in [6.07, 6.45) is 1.51. The van der Waals surface area contributed by atoms with E-state index in [0.29, 0.717) is 11.6 Å². The summed E-state index contributed by atoms with van der Waals surface area (Å²) in [5.41, 5.74) is 5.28. The molecule has 0 saturated carbocycles. The fraction of sp³-hybridized carbons (Fsp3) is 0.346. The van der Waals surface area contributed by atoms with E-state index in [1.165, 1.54) is 11.1 Å². The molecule has 1 saturated heterocycles. The van der Waals surface area contributed by atoms with E-state index in [0.717, 1.165) is 59.6 Å². The average molecular weight is 463 g/mol. The zero-order valence-corrected chi connectivity index (χ0v) is 19.9. The number of aryl methyl sites for hydroxylation is 2. The molecule has 2 aromatic heterocycles. The van der Waals surface area contributed by atoms with Crippen LogP contribution >= 0.6 is 11.6 Å². The van der Waals surface area contributed by atoms with Crippen LogP contribution < -0.4 is 4.90 Å². The van der Waals surface area contributed by atoms with Gasteiger partial charge in [-0.05, 0) is 87.2 Å². The van der Waals surface area contributed by atoms with Gasteiger partial charge < -0.3 is 9.64 Å². The Labute approximate surface area is 198 Å². The normalized spacial score (nSPS) is 14.8. The average Bonchev–Trinajstić information content (AvgIpc) is 3.17. The first kappa shape index (κ1) is 21.7. The molecule has 4 aromatic rings. The topological polar surface area (TPSA) is 60.2 Å². The lowest BCUT2D eigenvalue weighted by molar-refractivity contribution is -0.148. The van der Waals surface area contributed by atoms with Crippen LogP contribution in [0.5, 0.6) is 0 Å². The van der Waals surface area contributed by atoms with Gasteiger partial charge in [0.2, 0.25) is 5.95 Å². The highest BCUT2D eigenvalue weighted by atomic mass is 35.5. The smallest absolute Gasteiger partial charge is 0.309 e. The summed E-state index contributed by atoms with van der Waals surface area (Å²) in [5, 5.41) is 1.70. The number of rotatable bonds is 4. The van der Waals surface area contributed by atoms with Crippen LogP contribution in [0, 0.1) is 19.8 Å². The lowest BCUT2D eigenvalue weighted by Crippen LogP contribution is -2.38. The monoisotopic (exact) mass is 462 g/mol. The van der Waals surface area contributed by atoms with E-state index in [-0.39, 0.29) is 11.9 Å². The summed E-state index contributed by atoms with van der Waals surface area (Å²) in [7, 11) is 0. The summed E-state index contributed by atoms with van der Waals surface area (Å²) in [5.74, 6) is 1.54. The van der Waals surface area contributed by atoms with E-state index in [4.69, 9.17) is 26.3 Å². The number of nitrogens with zero attached hydrogens (tertiary/aromatic N) is 4. The number of benzene rings is 2. The summed E-state index contributed by atoms with van der Waals surface area (Å²) in [6, 6.07) is 14.1. The molecule has 0 spiro atoms. The molecule has 0 bridgehead atoms. The van der Waals surface area contributed by atoms with Gasteiger partial charge in [0, 0.05) is 23.5 Å². The van der Waals surface area contributed by atoms with Gasteiger partial charge in [-0.3, -0.25) is 9.36 Å². The second kappa shape index (κ2) is 8.67. The Morgan fingerprint density at radius 2 is 1.79 bits per heavy atom. The molecule has 1 aliphatic rings. The molecule has 0 aliphatic carbocycles. The number of carbonyl (C=O) groups is 1. The number of anilines is 1. The molecule has 33 heavy (non-hydrogen) atoms. The summed E-state index contributed by atoms with van der Waals surface area (Å²) < 4.78 is 7.38. The van der Waals surface area contributed by atoms with Crippen molar-refractivity contribution in [1.29, 1.82) is 0 Å². The number of carbonyl (C=O) groups excluding carboxylic acids is 1. The number of hydrogen-bond donors (Lipinski definition) is 0. The molecule has 0 unspecified atom stereocenters. The highest BCUT2D eigenvalue weighted by Gasteiger charge is 2.29. The van der Waals surface area contributed by atoms with Gasteiger partial charge in [-0.25, -0.2) is 9.97 Å². The fourth-order valence-electron chi connectivity index (χ4n) is 4.54. The first-order valence-corrected chi connectivity index (χ1v) is 11.8. The van der Waals surface area contributed by atoms with Crippen LogP contribution in [-0.2, 0) is 9.53 Å². The number of imidazole rings is 1. The minimum atomic E-state index is -0.0910. The minimum absolute atomic E-state index is 0.0490. The maximum Gasteiger partial charge on any atom is 0.309 e. The number of halogens is 1. The molecule has 0 atom stereocenters. The first-order valence-electron chi connectivity index (χ1n) is 11.4. The number of ether oxygens (including phenoxy) is 1. The van der Waals surface area contributed by atoms with Crippen LogP contribution in [-0.4, -0.2) is 40.2 Å². The molecule has 7 heteroatoms. The molecule has 5 rings (SSSR count). The lowest BCUT2D eigenvalue weighted by atomic mass is 9.97. The van der Waals surface area contributed by atoms with Gasteiger partial charge in [-0.15, -0.1) is 0 Å². The Hall–Kier alpha value is -3.12. The molecule has 6 nitrogen and oxygen atoms in total. The fourth-order valence-corrected chi connectivity index (χ4v) is 4.72. The van der Waals surface area contributed by atoms with Gasteiger partial charge >= 0.3 is 5.97 Å². The zero-order chi connectivity index (χ0) is 23.1. The quantitative estimate of drug-likeness (QED) is 0.368. The Morgan fingerprint density at radius 3 is 2.55 bits per heavy atom. The molecule has 170 valence electrons. The second-order valence-electron chi connectivity index (χ2n) is 8.69. The van der Waals surface area contributed by atoms with Crippen LogP contribution in [0.4, 0.5) is 5.95 Å². The molecular weight excluding hydrogens is 436 g/mol. The van der Waals surface area contributed by atoms with Crippen LogP contribution in [0.2, 0.25) is 5.02 Å². The van der Waals surface area contributed by atoms with Crippen molar-refractivity contribution >= 4 is 45.5 Å². The highest BCUT2D eigenvalue weighted by molar-refractivity contribution is 6.31. The van der Waals surface area contributed by atoms with Crippen LogP contribution in [0.15, 0.2) is 42.5 Å². The molecule has 0 N–H and O–H groups in total. The van der Waals surface area contributed by atoms with Crippen molar-refractivity contribution in [1.82, 2.24) is 14.5 Å². The van der Waals surface area contributed by atoms with E-state index in [1.807, 2.05) is 37.3 Å². The molecule has 1 fully saturated rings. The Balaban J connectivity index is 1.59. The molecule has 2 aromatic carbocycles. The van der Waals surface area contributed by atoms with E-state index in [2.05, 4.69) is 35.4 Å². The van der Waals surface area contributed by atoms with Crippen molar-refractivity contribution in [3.8, 4) is 5.82 Å². The van der Waals surface area contributed by atoms with Gasteiger partial charge in [0.25, 0.3) is 0 Å². The Bertz CT molecular complexity index is 1360. The van der Waals surface area contributed by atoms with E-state index < -0.39 is 0 Å². The molecule has 0 amide bonds. The van der Waals surface area contributed by atoms with Crippen molar-refractivity contribution in [3.63, 3.8) is 0 Å². The van der Waals surface area contributed by atoms with Crippen molar-refractivity contribution in [2.45, 2.75) is 33.6 Å². The summed E-state index contributed by atoms with van der Waals surface area (Å²) >= 11 is 6.17. The second-order valence-corrected chi connectivity index (χ2v) is 9.13. The molecular formula is C26H27ClN4O2. The predicted molar refractivity (Wildman–Crippen MR) is 132 cm³/mol. The number of fused-ring (bicyclic) bond motifs is 2. The Kier molecular flexibility index (Phi) is 5.71. The first-order chi connectivity index (χ1) is 15.9. The number of piperidine rings is 1. The third-order valence-corrected chi connectivity index (χ3v) is 6.75. The van der Waals surface area contributed by atoms with Crippen LogP contribution in [0.25, 0.3) is 27.8 Å². The van der Waals surface area contributed by atoms with Crippen LogP contribution in [0.3, 0.4) is 0 Å². The Morgan fingerprint density at radius 1 is 1.03 bits per heavy atom. The number of hydrogen-bond acceptors (Lipinski definition) is 5. The van der Waals surface area contributed by atoms with E-state index in [9.17, 15) is 4.79 Å². The predicted octanol–water partition coefficient (Wildman–Crippen LogP) is 5.62. The van der Waals surface area contributed by atoms with Crippen molar-refractivity contribution in [2.75, 3.05) is 24.6 Å². The van der Waals surface area contributed by atoms with Gasteiger partial charge in [-0.2, -0.15) is 0 Å². The number of esters is 1. The van der Waals surface area contributed by atoms with E-state index in [1.54, 1.807) is 0 Å². The van der Waals surface area contributed by atoms with Gasteiger partial charge in [0.05, 0.1) is 29.1 Å². The maximum absolute atomic E-state index is 12.2. The van der Waals surface area contributed by atoms with Gasteiger partial charge in [0.1, 0.15) is 5.82 Å². The summed E-state index contributed by atoms with van der Waals surface area (Å²) in [4.78, 5) is 24.4. The molecule has 1 aliphatic heterocycles. The van der Waals surface area contributed by atoms with Gasteiger partial charge in [0.15, 0.2) is 0 Å². The van der Waals surface area contributed by atoms with Crippen molar-refractivity contribution in [2.24, 2.45) is 5.92 Å². The molecule has 3 heterocycles. The maximum atomic E-state index is 12.2. The standard InChI is InChI=1S/C26H27ClN4O2/c1-4-33-25(32)18-9-11-30(12-10-18)26-29-22-13-16(2)17(3)14-23(22)31(26)24-8-5-19-15-20(27)6-7-21(19)28-24/h5-8,13-15,18H,4,9-12H2,1-3H3.